The summed E-state index contributed by atoms with van der Waals surface area (Å²) in [5.41, 5.74) is 2.09. The summed E-state index contributed by atoms with van der Waals surface area (Å²) in [7, 11) is 0. The van der Waals surface area contributed by atoms with Crippen LogP contribution in [0.4, 0.5) is 16.8 Å². The summed E-state index contributed by atoms with van der Waals surface area (Å²) in [5, 5.41) is 17.6. The van der Waals surface area contributed by atoms with Crippen LogP contribution in [0.2, 0.25) is 0 Å². The Morgan fingerprint density at radius 3 is 2.72 bits per heavy atom. The van der Waals surface area contributed by atoms with Crippen LogP contribution in [0.3, 0.4) is 0 Å². The van der Waals surface area contributed by atoms with Gasteiger partial charge in [-0.05, 0) is 68.5 Å². The Morgan fingerprint density at radius 2 is 1.94 bits per heavy atom. The molecule has 7 nitrogen and oxygen atoms in total. The van der Waals surface area contributed by atoms with Crippen molar-refractivity contribution in [1.29, 1.82) is 0 Å². The first-order valence-electron chi connectivity index (χ1n) is 10.8. The van der Waals surface area contributed by atoms with E-state index in [-0.39, 0.29) is 6.10 Å². The molecule has 3 heterocycles. The first-order chi connectivity index (χ1) is 15.5. The molecule has 1 aromatic carbocycles. The molecule has 1 aliphatic rings. The van der Waals surface area contributed by atoms with Gasteiger partial charge in [-0.15, -0.1) is 0 Å². The predicted molar refractivity (Wildman–Crippen MR) is 133 cm³/mol. The van der Waals surface area contributed by atoms with Crippen molar-refractivity contribution in [1.82, 2.24) is 19.5 Å². The van der Waals surface area contributed by atoms with Crippen LogP contribution in [0, 0.1) is 6.92 Å². The van der Waals surface area contributed by atoms with E-state index in [4.69, 9.17) is 9.97 Å². The Balaban J connectivity index is 1.42. The minimum atomic E-state index is -0.173. The quantitative estimate of drug-likeness (QED) is 0.317. The first kappa shape index (κ1) is 21.4. The number of aliphatic hydroxyl groups is 1. The molecule has 3 N–H and O–H groups in total. The second kappa shape index (κ2) is 9.17. The van der Waals surface area contributed by atoms with E-state index in [1.54, 1.807) is 11.3 Å². The van der Waals surface area contributed by atoms with Crippen LogP contribution < -0.4 is 10.6 Å². The number of benzene rings is 1. The van der Waals surface area contributed by atoms with E-state index in [1.807, 2.05) is 31.5 Å². The average molecular weight is 513 g/mol. The van der Waals surface area contributed by atoms with Crippen LogP contribution in [0.25, 0.3) is 10.2 Å². The average Bonchev–Trinajstić information content (AvgIpc) is 3.34. The van der Waals surface area contributed by atoms with Crippen molar-refractivity contribution in [3.05, 3.63) is 58.6 Å². The highest BCUT2D eigenvalue weighted by molar-refractivity contribution is 9.10. The molecule has 0 atom stereocenters. The number of anilines is 3. The molecule has 1 aliphatic carbocycles. The van der Waals surface area contributed by atoms with Crippen LogP contribution in [0.1, 0.15) is 37.1 Å². The molecule has 5 rings (SSSR count). The Labute approximate surface area is 199 Å². The number of aliphatic hydroxyl groups excluding tert-OH is 1. The molecule has 0 bridgehead atoms. The number of fused-ring (bicyclic) bond motifs is 1. The number of pyridine rings is 1. The standard InChI is InChI=1S/C23H25BrN6OS/c1-14-25-8-9-30(14)13-15-10-21(26-17-3-5-18(31)6-4-17)28-22(11-15)29-23-27-19-7-2-16(24)12-20(19)32-23/h2,7-12,17-18,31H,3-6,13H2,1H3,(H2,26,27,28,29)/t17-,18-. The lowest BCUT2D eigenvalue weighted by atomic mass is 9.93. The van der Waals surface area contributed by atoms with E-state index >= 15 is 0 Å². The Hall–Kier alpha value is -2.49. The Kier molecular flexibility index (Phi) is 6.12. The fourth-order valence-corrected chi connectivity index (χ4v) is 5.50. The van der Waals surface area contributed by atoms with Crippen LogP contribution >= 0.6 is 27.3 Å². The zero-order chi connectivity index (χ0) is 22.1. The van der Waals surface area contributed by atoms with Crippen molar-refractivity contribution in [2.75, 3.05) is 10.6 Å². The molecule has 0 aliphatic heterocycles. The molecule has 0 spiro atoms. The van der Waals surface area contributed by atoms with Crippen molar-refractivity contribution in [2.24, 2.45) is 0 Å². The number of hydrogen-bond acceptors (Lipinski definition) is 7. The molecular formula is C23H25BrN6OS. The van der Waals surface area contributed by atoms with Gasteiger partial charge in [0.15, 0.2) is 5.13 Å². The molecule has 0 radical (unpaired) electrons. The summed E-state index contributed by atoms with van der Waals surface area (Å²) in [6, 6.07) is 10.6. The van der Waals surface area contributed by atoms with E-state index < -0.39 is 0 Å². The van der Waals surface area contributed by atoms with Gasteiger partial charge in [0.05, 0.1) is 16.3 Å². The van der Waals surface area contributed by atoms with Crippen LogP contribution in [-0.2, 0) is 6.54 Å². The molecule has 0 unspecified atom stereocenters. The third-order valence-corrected chi connectivity index (χ3v) is 7.22. The molecule has 32 heavy (non-hydrogen) atoms. The molecule has 0 saturated heterocycles. The third-order valence-electron chi connectivity index (χ3n) is 5.80. The zero-order valence-corrected chi connectivity index (χ0v) is 20.2. The summed E-state index contributed by atoms with van der Waals surface area (Å²) in [5.74, 6) is 2.58. The second-order valence-electron chi connectivity index (χ2n) is 8.25. The number of aryl methyl sites for hydroxylation is 1. The lowest BCUT2D eigenvalue weighted by Crippen LogP contribution is -2.28. The van der Waals surface area contributed by atoms with Gasteiger partial charge in [0.1, 0.15) is 17.5 Å². The first-order valence-corrected chi connectivity index (χ1v) is 12.4. The highest BCUT2D eigenvalue weighted by Gasteiger charge is 2.20. The van der Waals surface area contributed by atoms with Gasteiger partial charge in [-0.2, -0.15) is 0 Å². The van der Waals surface area contributed by atoms with Gasteiger partial charge in [0.25, 0.3) is 0 Å². The lowest BCUT2D eigenvalue weighted by molar-refractivity contribution is 0.126. The van der Waals surface area contributed by atoms with Gasteiger partial charge in [-0.25, -0.2) is 15.0 Å². The van der Waals surface area contributed by atoms with Gasteiger partial charge >= 0.3 is 0 Å². The number of imidazole rings is 1. The Morgan fingerprint density at radius 1 is 1.12 bits per heavy atom. The third kappa shape index (κ3) is 4.95. The molecule has 166 valence electrons. The predicted octanol–water partition coefficient (Wildman–Crippen LogP) is 5.47. The molecule has 1 saturated carbocycles. The minimum Gasteiger partial charge on any atom is -0.393 e. The highest BCUT2D eigenvalue weighted by atomic mass is 79.9. The maximum Gasteiger partial charge on any atom is 0.189 e. The van der Waals surface area contributed by atoms with Gasteiger partial charge < -0.3 is 20.3 Å². The second-order valence-corrected chi connectivity index (χ2v) is 10.2. The smallest absolute Gasteiger partial charge is 0.189 e. The number of aromatic nitrogens is 4. The normalized spacial score (nSPS) is 18.7. The summed E-state index contributed by atoms with van der Waals surface area (Å²) < 4.78 is 4.28. The maximum atomic E-state index is 9.82. The minimum absolute atomic E-state index is 0.173. The van der Waals surface area contributed by atoms with Crippen molar-refractivity contribution in [3.63, 3.8) is 0 Å². The van der Waals surface area contributed by atoms with Gasteiger partial charge in [0, 0.05) is 29.5 Å². The van der Waals surface area contributed by atoms with Crippen LogP contribution in [0.15, 0.2) is 47.2 Å². The molecule has 3 aromatic heterocycles. The van der Waals surface area contributed by atoms with E-state index in [2.05, 4.69) is 54.3 Å². The van der Waals surface area contributed by atoms with Gasteiger partial charge in [-0.1, -0.05) is 27.3 Å². The molecule has 4 aromatic rings. The summed E-state index contributed by atoms with van der Waals surface area (Å²) in [6.45, 7) is 2.72. The van der Waals surface area contributed by atoms with Gasteiger partial charge in [0.2, 0.25) is 0 Å². The molecular weight excluding hydrogens is 488 g/mol. The lowest BCUT2D eigenvalue weighted by Gasteiger charge is -2.27. The number of hydrogen-bond donors (Lipinski definition) is 3. The largest absolute Gasteiger partial charge is 0.393 e. The number of thiazole rings is 1. The number of rotatable bonds is 6. The topological polar surface area (TPSA) is 87.9 Å². The summed E-state index contributed by atoms with van der Waals surface area (Å²) in [6.07, 6.45) is 7.20. The fourth-order valence-electron chi connectivity index (χ4n) is 4.07. The highest BCUT2D eigenvalue weighted by Crippen LogP contribution is 2.31. The zero-order valence-electron chi connectivity index (χ0n) is 17.8. The number of nitrogens with zero attached hydrogens (tertiary/aromatic N) is 4. The van der Waals surface area contributed by atoms with E-state index in [1.165, 1.54) is 0 Å². The van der Waals surface area contributed by atoms with Crippen molar-refractivity contribution < 1.29 is 5.11 Å². The van der Waals surface area contributed by atoms with E-state index in [9.17, 15) is 5.11 Å². The monoisotopic (exact) mass is 512 g/mol. The summed E-state index contributed by atoms with van der Waals surface area (Å²) in [4.78, 5) is 13.9. The van der Waals surface area contributed by atoms with Crippen molar-refractivity contribution >= 4 is 54.3 Å². The van der Waals surface area contributed by atoms with Crippen molar-refractivity contribution in [3.8, 4) is 0 Å². The molecule has 1 fully saturated rings. The number of nitrogens with one attached hydrogen (secondary N) is 2. The SMILES string of the molecule is Cc1nccn1Cc1cc(Nc2nc3ccc(Br)cc3s2)nc(N[C@H]2CC[C@H](O)CC2)c1. The van der Waals surface area contributed by atoms with Crippen LogP contribution in [-0.4, -0.2) is 36.8 Å². The van der Waals surface area contributed by atoms with E-state index in [0.717, 1.165) is 68.5 Å². The number of halogens is 1. The maximum absolute atomic E-state index is 9.82. The van der Waals surface area contributed by atoms with Gasteiger partial charge in [-0.3, -0.25) is 0 Å². The fraction of sp³-hybridized carbons (Fsp3) is 0.348. The van der Waals surface area contributed by atoms with Crippen molar-refractivity contribution in [2.45, 2.75) is 51.3 Å². The molecule has 0 amide bonds. The van der Waals surface area contributed by atoms with E-state index in [0.29, 0.717) is 12.6 Å². The molecule has 9 heteroatoms. The van der Waals surface area contributed by atoms with Crippen LogP contribution in [0.5, 0.6) is 0 Å². The summed E-state index contributed by atoms with van der Waals surface area (Å²) >= 11 is 5.13. The Bertz CT molecular complexity index is 1230.